The lowest BCUT2D eigenvalue weighted by Gasteiger charge is -2.22. The van der Waals surface area contributed by atoms with Crippen molar-refractivity contribution in [3.05, 3.63) is 23.8 Å². The highest BCUT2D eigenvalue weighted by molar-refractivity contribution is 5.52. The average Bonchev–Trinajstić information content (AvgIpc) is 2.86. The summed E-state index contributed by atoms with van der Waals surface area (Å²) in [5, 5.41) is 0. The number of benzene rings is 1. The van der Waals surface area contributed by atoms with E-state index in [1.165, 1.54) is 0 Å². The van der Waals surface area contributed by atoms with Crippen LogP contribution in [0.2, 0.25) is 0 Å². The van der Waals surface area contributed by atoms with Crippen molar-refractivity contribution in [2.45, 2.75) is 18.9 Å². The first kappa shape index (κ1) is 11.8. The molecule has 0 aromatic heterocycles. The Labute approximate surface area is 101 Å². The number of likely N-dealkylation sites (tertiary alicyclic amines) is 1. The topological polar surface area (TPSA) is 38.8 Å². The van der Waals surface area contributed by atoms with Crippen LogP contribution in [0, 0.1) is 0 Å². The van der Waals surface area contributed by atoms with E-state index >= 15 is 0 Å². The summed E-state index contributed by atoms with van der Waals surface area (Å²) in [5.74, 6) is 1.60. The van der Waals surface area contributed by atoms with Gasteiger partial charge in [-0.3, -0.25) is 4.79 Å². The Bertz CT molecular complexity index is 406. The number of amides is 1. The molecule has 17 heavy (non-hydrogen) atoms. The second kappa shape index (κ2) is 5.08. The Balaban J connectivity index is 2.37. The van der Waals surface area contributed by atoms with Crippen LogP contribution in [0.4, 0.5) is 0 Å². The lowest BCUT2D eigenvalue weighted by Crippen LogP contribution is -2.21. The summed E-state index contributed by atoms with van der Waals surface area (Å²) in [6.07, 6.45) is 2.92. The van der Waals surface area contributed by atoms with Crippen molar-refractivity contribution in [2.24, 2.45) is 0 Å². The Morgan fingerprint density at radius 3 is 2.82 bits per heavy atom. The molecule has 92 valence electrons. The number of nitrogens with zero attached hydrogens (tertiary/aromatic N) is 1. The molecule has 1 heterocycles. The summed E-state index contributed by atoms with van der Waals surface area (Å²) in [6.45, 7) is 0.814. The van der Waals surface area contributed by atoms with Gasteiger partial charge in [-0.2, -0.15) is 0 Å². The van der Waals surface area contributed by atoms with Crippen molar-refractivity contribution in [3.63, 3.8) is 0 Å². The SMILES string of the molecule is COc1ccc(OC)c(C2CCCN2C=O)c1. The molecular formula is C13H17NO3. The summed E-state index contributed by atoms with van der Waals surface area (Å²) >= 11 is 0. The van der Waals surface area contributed by atoms with Crippen molar-refractivity contribution < 1.29 is 14.3 Å². The van der Waals surface area contributed by atoms with Gasteiger partial charge in [0.2, 0.25) is 6.41 Å². The molecule has 0 saturated carbocycles. The van der Waals surface area contributed by atoms with Gasteiger partial charge in [-0.25, -0.2) is 0 Å². The first-order valence-corrected chi connectivity index (χ1v) is 5.73. The first-order valence-electron chi connectivity index (χ1n) is 5.73. The zero-order valence-electron chi connectivity index (χ0n) is 10.2. The fourth-order valence-corrected chi connectivity index (χ4v) is 2.35. The fourth-order valence-electron chi connectivity index (χ4n) is 2.35. The third-order valence-corrected chi connectivity index (χ3v) is 3.23. The minimum atomic E-state index is 0.109. The van der Waals surface area contributed by atoms with Crippen molar-refractivity contribution in [1.29, 1.82) is 0 Å². The summed E-state index contributed by atoms with van der Waals surface area (Å²) < 4.78 is 10.6. The van der Waals surface area contributed by atoms with E-state index in [0.717, 1.165) is 42.9 Å². The Hall–Kier alpha value is -1.71. The quantitative estimate of drug-likeness (QED) is 0.749. The maximum absolute atomic E-state index is 11.0. The van der Waals surface area contributed by atoms with Gasteiger partial charge < -0.3 is 14.4 Å². The van der Waals surface area contributed by atoms with Crippen LogP contribution in [-0.4, -0.2) is 32.1 Å². The maximum atomic E-state index is 11.0. The van der Waals surface area contributed by atoms with Gasteiger partial charge in [0.25, 0.3) is 0 Å². The molecule has 1 unspecified atom stereocenters. The number of ether oxygens (including phenoxy) is 2. The molecule has 2 rings (SSSR count). The van der Waals surface area contributed by atoms with E-state index in [1.54, 1.807) is 14.2 Å². The van der Waals surface area contributed by atoms with Gasteiger partial charge in [0.1, 0.15) is 11.5 Å². The molecule has 1 saturated heterocycles. The van der Waals surface area contributed by atoms with Crippen LogP contribution in [0.1, 0.15) is 24.4 Å². The van der Waals surface area contributed by atoms with Crippen LogP contribution in [0.25, 0.3) is 0 Å². The number of rotatable bonds is 4. The molecule has 4 heteroatoms. The molecule has 0 aliphatic carbocycles. The molecule has 1 fully saturated rings. The Morgan fingerprint density at radius 1 is 1.35 bits per heavy atom. The van der Waals surface area contributed by atoms with E-state index in [-0.39, 0.29) is 6.04 Å². The molecule has 4 nitrogen and oxygen atoms in total. The average molecular weight is 235 g/mol. The van der Waals surface area contributed by atoms with Crippen LogP contribution >= 0.6 is 0 Å². The molecule has 1 aromatic carbocycles. The van der Waals surface area contributed by atoms with Crippen LogP contribution in [0.5, 0.6) is 11.5 Å². The van der Waals surface area contributed by atoms with Gasteiger partial charge in [0.05, 0.1) is 20.3 Å². The van der Waals surface area contributed by atoms with Crippen molar-refractivity contribution in [1.82, 2.24) is 4.90 Å². The van der Waals surface area contributed by atoms with Crippen molar-refractivity contribution >= 4 is 6.41 Å². The lowest BCUT2D eigenvalue weighted by atomic mass is 10.0. The van der Waals surface area contributed by atoms with E-state index in [4.69, 9.17) is 9.47 Å². The van der Waals surface area contributed by atoms with Crippen LogP contribution < -0.4 is 9.47 Å². The van der Waals surface area contributed by atoms with Gasteiger partial charge in [0, 0.05) is 12.1 Å². The Kier molecular flexibility index (Phi) is 3.52. The molecule has 0 spiro atoms. The van der Waals surface area contributed by atoms with E-state index in [9.17, 15) is 4.79 Å². The van der Waals surface area contributed by atoms with E-state index in [1.807, 2.05) is 23.1 Å². The molecule has 0 radical (unpaired) electrons. The largest absolute Gasteiger partial charge is 0.497 e. The highest BCUT2D eigenvalue weighted by atomic mass is 16.5. The second-order valence-corrected chi connectivity index (χ2v) is 4.11. The van der Waals surface area contributed by atoms with Gasteiger partial charge in [-0.15, -0.1) is 0 Å². The molecule has 1 aliphatic rings. The van der Waals surface area contributed by atoms with Gasteiger partial charge >= 0.3 is 0 Å². The normalized spacial score (nSPS) is 19.2. The van der Waals surface area contributed by atoms with Crippen molar-refractivity contribution in [3.8, 4) is 11.5 Å². The van der Waals surface area contributed by atoms with Gasteiger partial charge in [-0.1, -0.05) is 0 Å². The number of carbonyl (C=O) groups is 1. The summed E-state index contributed by atoms with van der Waals surface area (Å²) in [4.78, 5) is 12.8. The lowest BCUT2D eigenvalue weighted by molar-refractivity contribution is -0.118. The smallest absolute Gasteiger partial charge is 0.210 e. The predicted octanol–water partition coefficient (Wildman–Crippen LogP) is 2.00. The predicted molar refractivity (Wildman–Crippen MR) is 64.3 cm³/mol. The number of hydrogen-bond donors (Lipinski definition) is 0. The van der Waals surface area contributed by atoms with E-state index in [2.05, 4.69) is 0 Å². The summed E-state index contributed by atoms with van der Waals surface area (Å²) in [5.41, 5.74) is 1.02. The zero-order valence-corrected chi connectivity index (χ0v) is 10.2. The zero-order chi connectivity index (χ0) is 12.3. The fraction of sp³-hybridized carbons (Fsp3) is 0.462. The molecule has 1 amide bonds. The van der Waals surface area contributed by atoms with Gasteiger partial charge in [-0.05, 0) is 31.0 Å². The minimum absolute atomic E-state index is 0.109. The van der Waals surface area contributed by atoms with E-state index < -0.39 is 0 Å². The third kappa shape index (κ3) is 2.20. The van der Waals surface area contributed by atoms with Crippen LogP contribution in [0.3, 0.4) is 0 Å². The van der Waals surface area contributed by atoms with Gasteiger partial charge in [0.15, 0.2) is 0 Å². The highest BCUT2D eigenvalue weighted by Crippen LogP contribution is 2.37. The second-order valence-electron chi connectivity index (χ2n) is 4.11. The molecule has 0 bridgehead atoms. The minimum Gasteiger partial charge on any atom is -0.497 e. The van der Waals surface area contributed by atoms with E-state index in [0.29, 0.717) is 0 Å². The first-order chi connectivity index (χ1) is 8.30. The van der Waals surface area contributed by atoms with Crippen LogP contribution in [-0.2, 0) is 4.79 Å². The molecule has 1 aromatic rings. The molecule has 0 N–H and O–H groups in total. The number of methoxy groups -OCH3 is 2. The Morgan fingerprint density at radius 2 is 2.18 bits per heavy atom. The molecular weight excluding hydrogens is 218 g/mol. The molecule has 1 aliphatic heterocycles. The molecule has 1 atom stereocenters. The monoisotopic (exact) mass is 235 g/mol. The highest BCUT2D eigenvalue weighted by Gasteiger charge is 2.27. The van der Waals surface area contributed by atoms with Crippen molar-refractivity contribution in [2.75, 3.05) is 20.8 Å². The maximum Gasteiger partial charge on any atom is 0.210 e. The van der Waals surface area contributed by atoms with Crippen LogP contribution in [0.15, 0.2) is 18.2 Å². The summed E-state index contributed by atoms with van der Waals surface area (Å²) in [6, 6.07) is 5.81. The summed E-state index contributed by atoms with van der Waals surface area (Å²) in [7, 11) is 3.28. The standard InChI is InChI=1S/C13H17NO3/c1-16-10-5-6-13(17-2)11(8-10)12-4-3-7-14(12)9-15/h5-6,8-9,12H,3-4,7H2,1-2H3. The number of carbonyl (C=O) groups excluding carboxylic acids is 1. The third-order valence-electron chi connectivity index (χ3n) is 3.23. The number of hydrogen-bond acceptors (Lipinski definition) is 3.